The number of carbonyl (C=O) groups excluding carboxylic acids is 1. The molecule has 3 nitrogen and oxygen atoms in total. The van der Waals surface area contributed by atoms with Crippen LogP contribution in [-0.4, -0.2) is 26.3 Å². The van der Waals surface area contributed by atoms with Crippen molar-refractivity contribution in [2.24, 2.45) is 0 Å². The van der Waals surface area contributed by atoms with Crippen molar-refractivity contribution in [2.75, 3.05) is 20.0 Å². The van der Waals surface area contributed by atoms with Crippen LogP contribution in [0.2, 0.25) is 0 Å². The summed E-state index contributed by atoms with van der Waals surface area (Å²) in [5.74, 6) is 0. The van der Waals surface area contributed by atoms with Crippen molar-refractivity contribution in [3.63, 3.8) is 0 Å². The number of allylic oxidation sites excluding steroid dienone is 1. The molecular formula is C8H14O3. The van der Waals surface area contributed by atoms with E-state index in [1.807, 2.05) is 6.92 Å². The molecule has 0 rings (SSSR count). The highest BCUT2D eigenvalue weighted by molar-refractivity contribution is 5.64. The van der Waals surface area contributed by atoms with E-state index in [4.69, 9.17) is 9.47 Å². The Morgan fingerprint density at radius 3 is 2.82 bits per heavy atom. The summed E-state index contributed by atoms with van der Waals surface area (Å²) >= 11 is 0. The molecule has 0 bridgehead atoms. The van der Waals surface area contributed by atoms with E-state index in [2.05, 4.69) is 0 Å². The Kier molecular flexibility index (Phi) is 8.76. The van der Waals surface area contributed by atoms with Gasteiger partial charge in [0.1, 0.15) is 13.1 Å². The lowest BCUT2D eigenvalue weighted by Crippen LogP contribution is -1.99. The third-order valence-electron chi connectivity index (χ3n) is 1.01. The Hall–Kier alpha value is -0.670. The minimum Gasteiger partial charge on any atom is -0.356 e. The maximum absolute atomic E-state index is 9.79. The van der Waals surface area contributed by atoms with Crippen LogP contribution in [0.1, 0.15) is 13.3 Å². The van der Waals surface area contributed by atoms with Gasteiger partial charge >= 0.3 is 0 Å². The maximum atomic E-state index is 9.79. The number of hydrogen-bond acceptors (Lipinski definition) is 3. The molecule has 3 heteroatoms. The number of ether oxygens (including phenoxy) is 2. The average molecular weight is 158 g/mol. The van der Waals surface area contributed by atoms with Gasteiger partial charge in [-0.05, 0) is 19.4 Å². The van der Waals surface area contributed by atoms with E-state index >= 15 is 0 Å². The summed E-state index contributed by atoms with van der Waals surface area (Å²) in [5.41, 5.74) is 0. The van der Waals surface area contributed by atoms with E-state index in [-0.39, 0.29) is 0 Å². The zero-order chi connectivity index (χ0) is 8.36. The Morgan fingerprint density at radius 2 is 2.18 bits per heavy atom. The van der Waals surface area contributed by atoms with Gasteiger partial charge in [-0.1, -0.05) is 6.08 Å². The zero-order valence-electron chi connectivity index (χ0n) is 6.79. The molecule has 0 atom stereocenters. The zero-order valence-corrected chi connectivity index (χ0v) is 6.79. The average Bonchev–Trinajstić information content (AvgIpc) is 2.03. The van der Waals surface area contributed by atoms with Crippen molar-refractivity contribution in [2.45, 2.75) is 13.3 Å². The molecule has 0 saturated heterocycles. The first-order valence-corrected chi connectivity index (χ1v) is 3.67. The monoisotopic (exact) mass is 158 g/mol. The van der Waals surface area contributed by atoms with Gasteiger partial charge < -0.3 is 9.47 Å². The van der Waals surface area contributed by atoms with E-state index in [1.54, 1.807) is 6.08 Å². The molecular weight excluding hydrogens is 144 g/mol. The minimum absolute atomic E-state index is 0.339. The lowest BCUT2D eigenvalue weighted by Gasteiger charge is -2.00. The largest absolute Gasteiger partial charge is 0.356 e. The predicted molar refractivity (Wildman–Crippen MR) is 42.3 cm³/mol. The second-order valence-corrected chi connectivity index (χ2v) is 1.87. The van der Waals surface area contributed by atoms with Crippen LogP contribution in [0.15, 0.2) is 12.2 Å². The van der Waals surface area contributed by atoms with E-state index in [9.17, 15) is 4.79 Å². The van der Waals surface area contributed by atoms with Crippen LogP contribution in [0.4, 0.5) is 0 Å². The summed E-state index contributed by atoms with van der Waals surface area (Å²) in [6, 6.07) is 0. The summed E-state index contributed by atoms with van der Waals surface area (Å²) in [7, 11) is 0. The third kappa shape index (κ3) is 9.33. The van der Waals surface area contributed by atoms with Crippen LogP contribution >= 0.6 is 0 Å². The van der Waals surface area contributed by atoms with Crippen LogP contribution in [0, 0.1) is 0 Å². The molecule has 0 spiro atoms. The van der Waals surface area contributed by atoms with Crippen molar-refractivity contribution in [3.05, 3.63) is 12.2 Å². The Balaban J connectivity index is 2.90. The summed E-state index contributed by atoms with van der Waals surface area (Å²) in [6.07, 6.45) is 4.73. The highest BCUT2D eigenvalue weighted by Gasteiger charge is 1.83. The molecule has 0 aliphatic heterocycles. The molecule has 0 N–H and O–H groups in total. The number of carbonyl (C=O) groups is 1. The second kappa shape index (κ2) is 9.33. The van der Waals surface area contributed by atoms with Crippen molar-refractivity contribution in [1.29, 1.82) is 0 Å². The van der Waals surface area contributed by atoms with E-state index in [0.29, 0.717) is 20.0 Å². The Morgan fingerprint density at radius 1 is 1.36 bits per heavy atom. The van der Waals surface area contributed by atoms with Crippen LogP contribution in [-0.2, 0) is 14.3 Å². The summed E-state index contributed by atoms with van der Waals surface area (Å²) in [6.45, 7) is 3.52. The molecule has 64 valence electrons. The van der Waals surface area contributed by atoms with Crippen molar-refractivity contribution in [3.8, 4) is 0 Å². The van der Waals surface area contributed by atoms with Crippen molar-refractivity contribution in [1.82, 2.24) is 0 Å². The predicted octanol–water partition coefficient (Wildman–Crippen LogP) is 1.14. The number of aldehydes is 1. The highest BCUT2D eigenvalue weighted by atomic mass is 16.7. The molecule has 0 radical (unpaired) electrons. The third-order valence-corrected chi connectivity index (χ3v) is 1.01. The fraction of sp³-hybridized carbons (Fsp3) is 0.625. The SMILES string of the molecule is CCOCOCCC=CC=O. The fourth-order valence-corrected chi connectivity index (χ4v) is 0.504. The molecule has 0 aromatic rings. The molecule has 0 amide bonds. The lowest BCUT2D eigenvalue weighted by atomic mass is 10.4. The second-order valence-electron chi connectivity index (χ2n) is 1.87. The molecule has 11 heavy (non-hydrogen) atoms. The maximum Gasteiger partial charge on any atom is 0.146 e. The van der Waals surface area contributed by atoms with E-state index in [0.717, 1.165) is 12.7 Å². The Bertz CT molecular complexity index is 110. The molecule has 0 heterocycles. The molecule has 0 aliphatic carbocycles. The van der Waals surface area contributed by atoms with Crippen LogP contribution < -0.4 is 0 Å². The first kappa shape index (κ1) is 10.3. The first-order valence-electron chi connectivity index (χ1n) is 3.67. The van der Waals surface area contributed by atoms with Gasteiger partial charge in [-0.25, -0.2) is 0 Å². The first-order chi connectivity index (χ1) is 5.41. The number of hydrogen-bond donors (Lipinski definition) is 0. The fourth-order valence-electron chi connectivity index (χ4n) is 0.504. The molecule has 0 unspecified atom stereocenters. The standard InChI is InChI=1S/C8H14O3/c1-2-10-8-11-7-5-3-4-6-9/h3-4,6H,2,5,7-8H2,1H3. The highest BCUT2D eigenvalue weighted by Crippen LogP contribution is 1.84. The van der Waals surface area contributed by atoms with Gasteiger partial charge in [0, 0.05) is 6.61 Å². The molecule has 0 fully saturated rings. The molecule has 0 aromatic carbocycles. The normalized spacial score (nSPS) is 10.6. The summed E-state index contributed by atoms with van der Waals surface area (Å²) in [5, 5.41) is 0. The summed E-state index contributed by atoms with van der Waals surface area (Å²) < 4.78 is 9.96. The molecule has 0 aliphatic rings. The quantitative estimate of drug-likeness (QED) is 0.241. The van der Waals surface area contributed by atoms with E-state index in [1.165, 1.54) is 6.08 Å². The smallest absolute Gasteiger partial charge is 0.146 e. The Labute approximate surface area is 67.0 Å². The topological polar surface area (TPSA) is 35.5 Å². The van der Waals surface area contributed by atoms with Crippen LogP contribution in [0.3, 0.4) is 0 Å². The van der Waals surface area contributed by atoms with Gasteiger partial charge in [-0.3, -0.25) is 4.79 Å². The van der Waals surface area contributed by atoms with Crippen LogP contribution in [0.5, 0.6) is 0 Å². The van der Waals surface area contributed by atoms with Crippen molar-refractivity contribution >= 4 is 6.29 Å². The minimum atomic E-state index is 0.339. The van der Waals surface area contributed by atoms with Crippen LogP contribution in [0.25, 0.3) is 0 Å². The van der Waals surface area contributed by atoms with Gasteiger partial charge in [0.25, 0.3) is 0 Å². The van der Waals surface area contributed by atoms with Gasteiger partial charge in [0.2, 0.25) is 0 Å². The number of rotatable bonds is 7. The van der Waals surface area contributed by atoms with Gasteiger partial charge in [0.05, 0.1) is 6.61 Å². The lowest BCUT2D eigenvalue weighted by molar-refractivity contribution is -0.104. The van der Waals surface area contributed by atoms with Gasteiger partial charge in [0.15, 0.2) is 0 Å². The molecule has 0 aromatic heterocycles. The van der Waals surface area contributed by atoms with Crippen molar-refractivity contribution < 1.29 is 14.3 Å². The summed E-state index contributed by atoms with van der Waals surface area (Å²) in [4.78, 5) is 9.79. The van der Waals surface area contributed by atoms with Gasteiger partial charge in [-0.15, -0.1) is 0 Å². The van der Waals surface area contributed by atoms with Gasteiger partial charge in [-0.2, -0.15) is 0 Å². The molecule has 0 saturated carbocycles. The van der Waals surface area contributed by atoms with E-state index < -0.39 is 0 Å².